The Labute approximate surface area is 214 Å². The Morgan fingerprint density at radius 1 is 0.667 bits per heavy atom. The monoisotopic (exact) mass is 507 g/mol. The molecule has 0 unspecified atom stereocenters. The molecule has 0 fully saturated rings. The molecule has 0 radical (unpaired) electrons. The van der Waals surface area contributed by atoms with Crippen LogP contribution in [0.3, 0.4) is 0 Å². The van der Waals surface area contributed by atoms with Crippen LogP contribution in [0, 0.1) is 5.92 Å². The van der Waals surface area contributed by atoms with E-state index in [9.17, 15) is 19.2 Å². The van der Waals surface area contributed by atoms with E-state index in [1.54, 1.807) is 86.6 Å². The summed E-state index contributed by atoms with van der Waals surface area (Å²) in [6.45, 7) is 15.6. The van der Waals surface area contributed by atoms with Gasteiger partial charge >= 0.3 is 24.0 Å². The number of nitrogens with one attached hydrogen (secondary N) is 1. The molecule has 1 aromatic rings. The van der Waals surface area contributed by atoms with Gasteiger partial charge in [-0.1, -0.05) is 24.3 Å². The molecule has 0 aliphatic carbocycles. The highest BCUT2D eigenvalue weighted by Crippen LogP contribution is 2.21. The topological polar surface area (TPSA) is 117 Å². The van der Waals surface area contributed by atoms with Gasteiger partial charge in [-0.2, -0.15) is 0 Å². The molecule has 1 aromatic carbocycles. The predicted octanol–water partition coefficient (Wildman–Crippen LogP) is 4.14. The molecule has 0 saturated heterocycles. The predicted molar refractivity (Wildman–Crippen MR) is 134 cm³/mol. The van der Waals surface area contributed by atoms with E-state index in [2.05, 4.69) is 5.32 Å². The Morgan fingerprint density at radius 3 is 1.42 bits per heavy atom. The second kappa shape index (κ2) is 12.2. The van der Waals surface area contributed by atoms with E-state index in [0.29, 0.717) is 5.56 Å². The Morgan fingerprint density at radius 2 is 1.06 bits per heavy atom. The molecule has 0 bridgehead atoms. The van der Waals surface area contributed by atoms with Gasteiger partial charge < -0.3 is 24.3 Å². The van der Waals surface area contributed by atoms with Crippen molar-refractivity contribution < 1.29 is 38.1 Å². The molecule has 0 aliphatic rings. The number of alkyl carbamates (subject to hydrolysis) is 1. The lowest BCUT2D eigenvalue weighted by atomic mass is 9.96. The second-order valence-corrected chi connectivity index (χ2v) is 11.6. The van der Waals surface area contributed by atoms with E-state index in [1.165, 1.54) is 7.11 Å². The van der Waals surface area contributed by atoms with Gasteiger partial charge in [0.25, 0.3) is 0 Å². The number of benzene rings is 1. The lowest BCUT2D eigenvalue weighted by molar-refractivity contribution is -0.174. The molecule has 1 atom stereocenters. The molecule has 0 saturated carbocycles. The zero-order valence-electron chi connectivity index (χ0n) is 23.1. The Balaban J connectivity index is 3.03. The van der Waals surface area contributed by atoms with E-state index >= 15 is 0 Å². The summed E-state index contributed by atoms with van der Waals surface area (Å²) in [7, 11) is 1.24. The van der Waals surface area contributed by atoms with Crippen molar-refractivity contribution >= 4 is 24.0 Å². The van der Waals surface area contributed by atoms with Crippen molar-refractivity contribution in [3.63, 3.8) is 0 Å². The van der Waals surface area contributed by atoms with Crippen molar-refractivity contribution in [2.24, 2.45) is 5.92 Å². The third kappa shape index (κ3) is 12.0. The smallest absolute Gasteiger partial charge is 0.408 e. The molecule has 202 valence electrons. The maximum atomic E-state index is 12.8. The van der Waals surface area contributed by atoms with Gasteiger partial charge in [-0.25, -0.2) is 9.59 Å². The Kier molecular flexibility index (Phi) is 10.5. The highest BCUT2D eigenvalue weighted by molar-refractivity contribution is 5.95. The molecule has 0 aromatic heterocycles. The van der Waals surface area contributed by atoms with Crippen LogP contribution in [-0.4, -0.2) is 54.0 Å². The molecular weight excluding hydrogens is 466 g/mol. The van der Waals surface area contributed by atoms with Gasteiger partial charge in [0.1, 0.15) is 22.8 Å². The highest BCUT2D eigenvalue weighted by atomic mass is 16.6. The minimum absolute atomic E-state index is 0.0840. The molecule has 0 spiro atoms. The van der Waals surface area contributed by atoms with Crippen LogP contribution in [0.25, 0.3) is 0 Å². The lowest BCUT2D eigenvalue weighted by Crippen LogP contribution is -2.45. The van der Waals surface area contributed by atoms with Crippen molar-refractivity contribution in [1.82, 2.24) is 5.32 Å². The van der Waals surface area contributed by atoms with Crippen molar-refractivity contribution in [2.45, 2.75) is 98.0 Å². The summed E-state index contributed by atoms with van der Waals surface area (Å²) in [6, 6.07) is 6.05. The maximum Gasteiger partial charge on any atom is 0.408 e. The Bertz CT molecular complexity index is 889. The van der Waals surface area contributed by atoms with Crippen molar-refractivity contribution in [1.29, 1.82) is 0 Å². The average molecular weight is 508 g/mol. The summed E-state index contributed by atoms with van der Waals surface area (Å²) < 4.78 is 20.9. The number of amides is 1. The summed E-state index contributed by atoms with van der Waals surface area (Å²) in [5.41, 5.74) is -0.798. The van der Waals surface area contributed by atoms with Gasteiger partial charge in [-0.05, 0) is 79.9 Å². The van der Waals surface area contributed by atoms with Crippen LogP contribution in [-0.2, 0) is 46.2 Å². The largest absolute Gasteiger partial charge is 0.467 e. The summed E-state index contributed by atoms with van der Waals surface area (Å²) >= 11 is 0. The fourth-order valence-electron chi connectivity index (χ4n) is 3.08. The van der Waals surface area contributed by atoms with Gasteiger partial charge in [0, 0.05) is 6.42 Å². The molecule has 9 heteroatoms. The summed E-state index contributed by atoms with van der Waals surface area (Å²) in [5, 5.41) is 2.53. The third-order valence-corrected chi connectivity index (χ3v) is 4.46. The number of rotatable bonds is 8. The molecule has 1 amide bonds. The van der Waals surface area contributed by atoms with Gasteiger partial charge in [0.15, 0.2) is 5.92 Å². The van der Waals surface area contributed by atoms with Crippen LogP contribution < -0.4 is 5.32 Å². The number of esters is 3. The molecular formula is C27H41NO8. The van der Waals surface area contributed by atoms with Crippen LogP contribution in [0.2, 0.25) is 0 Å². The number of hydrogen-bond donors (Lipinski definition) is 1. The molecule has 9 nitrogen and oxygen atoms in total. The van der Waals surface area contributed by atoms with E-state index in [-0.39, 0.29) is 12.8 Å². The minimum Gasteiger partial charge on any atom is -0.467 e. The zero-order valence-corrected chi connectivity index (χ0v) is 23.1. The zero-order chi connectivity index (χ0) is 27.9. The van der Waals surface area contributed by atoms with Crippen molar-refractivity contribution in [2.75, 3.05) is 7.11 Å². The van der Waals surface area contributed by atoms with E-state index in [4.69, 9.17) is 18.9 Å². The van der Waals surface area contributed by atoms with Gasteiger partial charge in [0.2, 0.25) is 0 Å². The lowest BCUT2D eigenvalue weighted by Gasteiger charge is -2.26. The van der Waals surface area contributed by atoms with Crippen LogP contribution in [0.5, 0.6) is 0 Å². The van der Waals surface area contributed by atoms with E-state index in [0.717, 1.165) is 5.56 Å². The first-order valence-corrected chi connectivity index (χ1v) is 11.9. The molecule has 0 heterocycles. The van der Waals surface area contributed by atoms with Gasteiger partial charge in [-0.3, -0.25) is 9.59 Å². The van der Waals surface area contributed by atoms with Gasteiger partial charge in [0.05, 0.1) is 7.11 Å². The average Bonchev–Trinajstić information content (AvgIpc) is 2.67. The quantitative estimate of drug-likeness (QED) is 0.317. The molecule has 1 N–H and O–H groups in total. The number of carbonyl (C=O) groups is 4. The van der Waals surface area contributed by atoms with Crippen LogP contribution >= 0.6 is 0 Å². The first kappa shape index (κ1) is 30.9. The fraction of sp³-hybridized carbons (Fsp3) is 0.630. The first-order valence-electron chi connectivity index (χ1n) is 11.9. The van der Waals surface area contributed by atoms with Gasteiger partial charge in [-0.15, -0.1) is 0 Å². The number of hydrogen-bond acceptors (Lipinski definition) is 8. The van der Waals surface area contributed by atoms with E-state index in [1.807, 2.05) is 0 Å². The number of ether oxygens (including phenoxy) is 4. The molecule has 36 heavy (non-hydrogen) atoms. The highest BCUT2D eigenvalue weighted by Gasteiger charge is 2.35. The summed E-state index contributed by atoms with van der Waals surface area (Å²) in [6.07, 6.45) is -0.485. The fourth-order valence-corrected chi connectivity index (χ4v) is 3.08. The number of methoxy groups -OCH3 is 1. The summed E-state index contributed by atoms with van der Waals surface area (Å²) in [4.78, 5) is 49.9. The Hall–Kier alpha value is -3.10. The standard InChI is InChI=1S/C27H41NO8/c1-25(2,3)34-21(29)19(22(30)35-26(4,5)6)15-17-11-13-18(14-12-17)16-20(23(31)33-10)28-24(32)36-27(7,8)9/h11-14,19-20H,15-16H2,1-10H3,(H,28,32)/t20-/m0/s1. The second-order valence-electron chi connectivity index (χ2n) is 11.6. The molecule has 0 aliphatic heterocycles. The third-order valence-electron chi connectivity index (χ3n) is 4.46. The first-order chi connectivity index (χ1) is 16.3. The summed E-state index contributed by atoms with van der Waals surface area (Å²) in [5.74, 6) is -3.06. The normalized spacial score (nSPS) is 13.0. The minimum atomic E-state index is -1.13. The van der Waals surface area contributed by atoms with Crippen LogP contribution in [0.4, 0.5) is 4.79 Å². The van der Waals surface area contributed by atoms with Crippen LogP contribution in [0.1, 0.15) is 73.4 Å². The van der Waals surface area contributed by atoms with Crippen LogP contribution in [0.15, 0.2) is 24.3 Å². The SMILES string of the molecule is COC(=O)[C@H](Cc1ccc(CC(C(=O)OC(C)(C)C)C(=O)OC(C)(C)C)cc1)NC(=O)OC(C)(C)C. The van der Waals surface area contributed by atoms with E-state index < -0.39 is 52.8 Å². The number of carbonyl (C=O) groups excluding carboxylic acids is 4. The maximum absolute atomic E-state index is 12.8. The molecule has 1 rings (SSSR count). The van der Waals surface area contributed by atoms with Crippen molar-refractivity contribution in [3.8, 4) is 0 Å². The van der Waals surface area contributed by atoms with Crippen molar-refractivity contribution in [3.05, 3.63) is 35.4 Å².